The highest BCUT2D eigenvalue weighted by molar-refractivity contribution is 7.89. The highest BCUT2D eigenvalue weighted by Gasteiger charge is 2.26. The van der Waals surface area contributed by atoms with Crippen LogP contribution in [0.3, 0.4) is 0 Å². The normalized spacial score (nSPS) is 12.0. The molecule has 1 rings (SSSR count). The number of hydrogen-bond acceptors (Lipinski definition) is 4. The zero-order chi connectivity index (χ0) is 16.4. The molecular formula is C13H20FN3O3S. The number of carbonyl (C=O) groups excluding carboxylic acids is 1. The molecule has 0 bridgehead atoms. The maximum absolute atomic E-state index is 13.6. The van der Waals surface area contributed by atoms with Gasteiger partial charge in [-0.25, -0.2) is 12.8 Å². The van der Waals surface area contributed by atoms with E-state index in [1.807, 2.05) is 0 Å². The van der Waals surface area contributed by atoms with Gasteiger partial charge in [0.2, 0.25) is 15.9 Å². The first-order chi connectivity index (χ1) is 9.55. The van der Waals surface area contributed by atoms with Crippen LogP contribution in [0.15, 0.2) is 17.0 Å². The summed E-state index contributed by atoms with van der Waals surface area (Å²) in [6.45, 7) is 4.54. The smallest absolute Gasteiger partial charge is 0.243 e. The molecule has 0 heterocycles. The molecule has 1 aromatic rings. The number of nitrogen functional groups attached to an aromatic ring is 1. The Balaban J connectivity index is 3.09. The zero-order valence-corrected chi connectivity index (χ0v) is 13.3. The maximum Gasteiger partial charge on any atom is 0.243 e. The minimum Gasteiger partial charge on any atom is -0.399 e. The second kappa shape index (κ2) is 6.40. The van der Waals surface area contributed by atoms with Crippen molar-refractivity contribution in [3.05, 3.63) is 23.5 Å². The second-order valence-corrected chi connectivity index (χ2v) is 7.12. The largest absolute Gasteiger partial charge is 0.399 e. The van der Waals surface area contributed by atoms with E-state index in [0.29, 0.717) is 0 Å². The van der Waals surface area contributed by atoms with Gasteiger partial charge in [0, 0.05) is 24.3 Å². The van der Waals surface area contributed by atoms with Crippen LogP contribution >= 0.6 is 0 Å². The summed E-state index contributed by atoms with van der Waals surface area (Å²) in [5.41, 5.74) is 5.47. The lowest BCUT2D eigenvalue weighted by molar-refractivity contribution is -0.121. The van der Waals surface area contributed by atoms with Crippen LogP contribution in [-0.4, -0.2) is 38.3 Å². The molecule has 21 heavy (non-hydrogen) atoms. The number of rotatable bonds is 5. The van der Waals surface area contributed by atoms with Gasteiger partial charge < -0.3 is 11.1 Å². The number of benzene rings is 1. The van der Waals surface area contributed by atoms with Crippen molar-refractivity contribution in [2.24, 2.45) is 0 Å². The van der Waals surface area contributed by atoms with Crippen LogP contribution in [0.25, 0.3) is 0 Å². The van der Waals surface area contributed by atoms with E-state index < -0.39 is 21.7 Å². The number of nitrogens with zero attached hydrogens (tertiary/aromatic N) is 1. The highest BCUT2D eigenvalue weighted by atomic mass is 32.2. The van der Waals surface area contributed by atoms with Gasteiger partial charge in [-0.2, -0.15) is 4.31 Å². The first kappa shape index (κ1) is 17.4. The minimum absolute atomic E-state index is 0.0108. The Hall–Kier alpha value is -1.67. The predicted octanol–water partition coefficient (Wildman–Crippen LogP) is 0.861. The zero-order valence-electron chi connectivity index (χ0n) is 12.5. The van der Waals surface area contributed by atoms with E-state index in [2.05, 4.69) is 5.32 Å². The number of anilines is 1. The lowest BCUT2D eigenvalue weighted by Gasteiger charge is -2.19. The lowest BCUT2D eigenvalue weighted by atomic mass is 10.2. The number of sulfonamides is 1. The fraction of sp³-hybridized carbons (Fsp3) is 0.462. The molecular weight excluding hydrogens is 297 g/mol. The summed E-state index contributed by atoms with van der Waals surface area (Å²) in [7, 11) is -2.73. The van der Waals surface area contributed by atoms with E-state index in [9.17, 15) is 17.6 Å². The molecule has 0 aromatic heterocycles. The molecule has 1 amide bonds. The molecule has 0 unspecified atom stereocenters. The second-order valence-electron chi connectivity index (χ2n) is 5.11. The van der Waals surface area contributed by atoms with E-state index in [4.69, 9.17) is 5.73 Å². The molecule has 0 aliphatic rings. The van der Waals surface area contributed by atoms with Gasteiger partial charge >= 0.3 is 0 Å². The average Bonchev–Trinajstić information content (AvgIpc) is 2.32. The fourth-order valence-electron chi connectivity index (χ4n) is 1.76. The van der Waals surface area contributed by atoms with Crippen molar-refractivity contribution in [3.63, 3.8) is 0 Å². The molecule has 0 saturated carbocycles. The topological polar surface area (TPSA) is 92.5 Å². The van der Waals surface area contributed by atoms with E-state index in [1.165, 1.54) is 20.0 Å². The average molecular weight is 317 g/mol. The van der Waals surface area contributed by atoms with Crippen LogP contribution in [0.1, 0.15) is 19.4 Å². The monoisotopic (exact) mass is 317 g/mol. The van der Waals surface area contributed by atoms with Gasteiger partial charge in [0.05, 0.1) is 11.4 Å². The lowest BCUT2D eigenvalue weighted by Crippen LogP contribution is -2.41. The van der Waals surface area contributed by atoms with Crippen LogP contribution in [0.5, 0.6) is 0 Å². The molecule has 1 aromatic carbocycles. The Bertz CT molecular complexity index is 644. The van der Waals surface area contributed by atoms with Crippen molar-refractivity contribution in [2.45, 2.75) is 31.7 Å². The number of hydrogen-bond donors (Lipinski definition) is 2. The molecule has 6 nitrogen and oxygen atoms in total. The van der Waals surface area contributed by atoms with Crippen molar-refractivity contribution in [3.8, 4) is 0 Å². The molecule has 0 radical (unpaired) electrons. The van der Waals surface area contributed by atoms with Crippen LogP contribution in [0.4, 0.5) is 10.1 Å². The fourth-order valence-corrected chi connectivity index (χ4v) is 3.16. The van der Waals surface area contributed by atoms with E-state index in [-0.39, 0.29) is 28.7 Å². The van der Waals surface area contributed by atoms with E-state index >= 15 is 0 Å². The number of halogens is 1. The third kappa shape index (κ3) is 4.15. The summed E-state index contributed by atoms with van der Waals surface area (Å²) in [6, 6.07) is 2.14. The summed E-state index contributed by atoms with van der Waals surface area (Å²) in [5, 5.41) is 2.59. The molecule has 8 heteroatoms. The Labute approximate surface area is 124 Å². The van der Waals surface area contributed by atoms with Gasteiger partial charge in [0.15, 0.2) is 0 Å². The van der Waals surface area contributed by atoms with Crippen molar-refractivity contribution < 1.29 is 17.6 Å². The van der Waals surface area contributed by atoms with Crippen LogP contribution in [0, 0.1) is 12.7 Å². The summed E-state index contributed by atoms with van der Waals surface area (Å²) >= 11 is 0. The third-order valence-electron chi connectivity index (χ3n) is 2.82. The van der Waals surface area contributed by atoms with Gasteiger partial charge in [0.1, 0.15) is 5.82 Å². The number of nitrogens with two attached hydrogens (primary N) is 1. The van der Waals surface area contributed by atoms with Crippen molar-refractivity contribution >= 4 is 21.6 Å². The Morgan fingerprint density at radius 2 is 2.00 bits per heavy atom. The van der Waals surface area contributed by atoms with Crippen molar-refractivity contribution in [1.82, 2.24) is 9.62 Å². The van der Waals surface area contributed by atoms with Crippen LogP contribution in [-0.2, 0) is 14.8 Å². The van der Waals surface area contributed by atoms with Gasteiger partial charge in [-0.1, -0.05) is 0 Å². The predicted molar refractivity (Wildman–Crippen MR) is 78.6 cm³/mol. The Kier molecular flexibility index (Phi) is 5.30. The first-order valence-electron chi connectivity index (χ1n) is 6.37. The molecule has 0 atom stereocenters. The maximum atomic E-state index is 13.6. The summed E-state index contributed by atoms with van der Waals surface area (Å²) in [6.07, 6.45) is 0. The molecule has 0 spiro atoms. The van der Waals surface area contributed by atoms with Crippen LogP contribution in [0.2, 0.25) is 0 Å². The van der Waals surface area contributed by atoms with E-state index in [0.717, 1.165) is 10.4 Å². The number of carbonyl (C=O) groups is 1. The van der Waals surface area contributed by atoms with E-state index in [1.54, 1.807) is 13.8 Å². The number of likely N-dealkylation sites (N-methyl/N-ethyl adjacent to an activating group) is 1. The summed E-state index contributed by atoms with van der Waals surface area (Å²) in [4.78, 5) is 11.4. The molecule has 0 saturated heterocycles. The van der Waals surface area contributed by atoms with Gasteiger partial charge in [0.25, 0.3) is 0 Å². The molecule has 3 N–H and O–H groups in total. The number of amides is 1. The Morgan fingerprint density at radius 3 is 2.52 bits per heavy atom. The van der Waals surface area contributed by atoms with Crippen molar-refractivity contribution in [1.29, 1.82) is 0 Å². The van der Waals surface area contributed by atoms with Crippen molar-refractivity contribution in [2.75, 3.05) is 19.3 Å². The van der Waals surface area contributed by atoms with Crippen LogP contribution < -0.4 is 11.1 Å². The molecule has 118 valence electrons. The quantitative estimate of drug-likeness (QED) is 0.788. The molecule has 0 fully saturated rings. The standard InChI is InChI=1S/C13H20FN3O3S/c1-8(2)16-13(18)7-17(4)21(19,20)12-6-10(15)5-11(14)9(12)3/h5-6,8H,7,15H2,1-4H3,(H,16,18). The minimum atomic E-state index is -3.99. The number of nitrogens with one attached hydrogen (secondary N) is 1. The van der Waals surface area contributed by atoms with Gasteiger partial charge in [-0.15, -0.1) is 0 Å². The highest BCUT2D eigenvalue weighted by Crippen LogP contribution is 2.24. The summed E-state index contributed by atoms with van der Waals surface area (Å²) in [5.74, 6) is -1.13. The summed E-state index contributed by atoms with van der Waals surface area (Å²) < 4.78 is 39.3. The Morgan fingerprint density at radius 1 is 1.43 bits per heavy atom. The molecule has 0 aliphatic heterocycles. The molecule has 0 aliphatic carbocycles. The third-order valence-corrected chi connectivity index (χ3v) is 4.75. The van der Waals surface area contributed by atoms with Gasteiger partial charge in [-0.3, -0.25) is 4.79 Å². The first-order valence-corrected chi connectivity index (χ1v) is 7.81. The SMILES string of the molecule is Cc1c(F)cc(N)cc1S(=O)(=O)N(C)CC(=O)NC(C)C. The van der Waals surface area contributed by atoms with Gasteiger partial charge in [-0.05, 0) is 32.9 Å².